The van der Waals surface area contributed by atoms with Crippen LogP contribution in [-0.2, 0) is 9.59 Å². The molecule has 0 fully saturated rings. The lowest BCUT2D eigenvalue weighted by Crippen LogP contribution is -2.22. The predicted molar refractivity (Wildman–Crippen MR) is 100 cm³/mol. The average Bonchev–Trinajstić information content (AvgIpc) is 2.56. The number of carbonyl (C=O) groups excluding carboxylic acids is 1. The van der Waals surface area contributed by atoms with E-state index in [9.17, 15) is 9.59 Å². The third-order valence-electron chi connectivity index (χ3n) is 4.21. The highest BCUT2D eigenvalue weighted by molar-refractivity contribution is 5.93. The Morgan fingerprint density at radius 1 is 0.708 bits per heavy atom. The van der Waals surface area contributed by atoms with Gasteiger partial charge in [0, 0.05) is 18.7 Å². The van der Waals surface area contributed by atoms with Crippen LogP contribution in [0.4, 0.5) is 0 Å². The molecule has 4 nitrogen and oxygen atoms in total. The molecule has 0 unspecified atom stereocenters. The Hall–Kier alpha value is -1.32. The van der Waals surface area contributed by atoms with Crippen molar-refractivity contribution >= 4 is 11.9 Å². The summed E-state index contributed by atoms with van der Waals surface area (Å²) >= 11 is 0. The minimum absolute atomic E-state index is 0.327. The first kappa shape index (κ1) is 22.7. The standard InChI is InChI=1S/C20H37NO3/c1-2-3-4-5-6-7-8-9-10-11-12-13-14-15-18-21-19(22)16-17-20(23)24/h16-17H,2-15,18H2,1H3,(H,21,22)(H,23,24)/b17-16-. The molecule has 140 valence electrons. The minimum atomic E-state index is -1.10. The number of rotatable bonds is 17. The summed E-state index contributed by atoms with van der Waals surface area (Å²) in [6.45, 7) is 2.89. The van der Waals surface area contributed by atoms with Crippen LogP contribution in [-0.4, -0.2) is 23.5 Å². The predicted octanol–water partition coefficient (Wildman–Crippen LogP) is 5.22. The Labute approximate surface area is 148 Å². The van der Waals surface area contributed by atoms with Gasteiger partial charge in [0.25, 0.3) is 0 Å². The monoisotopic (exact) mass is 339 g/mol. The van der Waals surface area contributed by atoms with Crippen LogP contribution in [0.3, 0.4) is 0 Å². The number of unbranched alkanes of at least 4 members (excludes halogenated alkanes) is 13. The largest absolute Gasteiger partial charge is 0.478 e. The van der Waals surface area contributed by atoms with Gasteiger partial charge in [0.15, 0.2) is 0 Å². The summed E-state index contributed by atoms with van der Waals surface area (Å²) in [5, 5.41) is 11.1. The van der Waals surface area contributed by atoms with Gasteiger partial charge in [-0.2, -0.15) is 0 Å². The summed E-state index contributed by atoms with van der Waals surface area (Å²) < 4.78 is 0. The van der Waals surface area contributed by atoms with Gasteiger partial charge < -0.3 is 10.4 Å². The molecule has 4 heteroatoms. The number of carbonyl (C=O) groups is 2. The van der Waals surface area contributed by atoms with E-state index in [-0.39, 0.29) is 5.91 Å². The number of aliphatic carboxylic acids is 1. The normalized spacial score (nSPS) is 11.0. The van der Waals surface area contributed by atoms with Crippen LogP contribution in [0, 0.1) is 0 Å². The summed E-state index contributed by atoms with van der Waals surface area (Å²) in [5.41, 5.74) is 0. The van der Waals surface area contributed by atoms with E-state index in [4.69, 9.17) is 5.11 Å². The van der Waals surface area contributed by atoms with Crippen LogP contribution in [0.15, 0.2) is 12.2 Å². The van der Waals surface area contributed by atoms with Gasteiger partial charge >= 0.3 is 5.97 Å². The molecule has 0 atom stereocenters. The average molecular weight is 340 g/mol. The molecule has 0 saturated heterocycles. The Morgan fingerprint density at radius 3 is 1.54 bits per heavy atom. The van der Waals surface area contributed by atoms with Crippen LogP contribution < -0.4 is 5.32 Å². The van der Waals surface area contributed by atoms with Crippen LogP contribution in [0.25, 0.3) is 0 Å². The van der Waals surface area contributed by atoms with Crippen molar-refractivity contribution < 1.29 is 14.7 Å². The molecule has 0 aliphatic heterocycles. The second-order valence-corrected chi connectivity index (χ2v) is 6.56. The molecule has 0 aliphatic rings. The van der Waals surface area contributed by atoms with Gasteiger partial charge in [0.05, 0.1) is 0 Å². The Balaban J connectivity index is 3.15. The van der Waals surface area contributed by atoms with Crippen molar-refractivity contribution in [3.8, 4) is 0 Å². The molecule has 0 saturated carbocycles. The first-order valence-electron chi connectivity index (χ1n) is 9.85. The van der Waals surface area contributed by atoms with E-state index < -0.39 is 5.97 Å². The van der Waals surface area contributed by atoms with Crippen molar-refractivity contribution in [1.82, 2.24) is 5.32 Å². The van der Waals surface area contributed by atoms with E-state index in [0.29, 0.717) is 6.54 Å². The van der Waals surface area contributed by atoms with E-state index in [1.807, 2.05) is 0 Å². The maximum absolute atomic E-state index is 11.2. The molecule has 2 N–H and O–H groups in total. The smallest absolute Gasteiger partial charge is 0.328 e. The lowest BCUT2D eigenvalue weighted by molar-refractivity contribution is -0.131. The van der Waals surface area contributed by atoms with Gasteiger partial charge in [-0.15, -0.1) is 0 Å². The number of carboxylic acid groups (broad SMARTS) is 1. The van der Waals surface area contributed by atoms with Gasteiger partial charge in [-0.05, 0) is 6.42 Å². The molecule has 0 heterocycles. The Morgan fingerprint density at radius 2 is 1.12 bits per heavy atom. The summed E-state index contributed by atoms with van der Waals surface area (Å²) in [7, 11) is 0. The number of amides is 1. The Kier molecular flexibility index (Phi) is 17.0. The molecule has 0 rings (SSSR count). The highest BCUT2D eigenvalue weighted by atomic mass is 16.4. The van der Waals surface area contributed by atoms with E-state index >= 15 is 0 Å². The second-order valence-electron chi connectivity index (χ2n) is 6.56. The molecule has 0 aromatic carbocycles. The van der Waals surface area contributed by atoms with Gasteiger partial charge in [0.2, 0.25) is 5.91 Å². The fraction of sp³-hybridized carbons (Fsp3) is 0.800. The number of hydrogen-bond donors (Lipinski definition) is 2. The van der Waals surface area contributed by atoms with Crippen molar-refractivity contribution in [1.29, 1.82) is 0 Å². The fourth-order valence-electron chi connectivity index (χ4n) is 2.74. The minimum Gasteiger partial charge on any atom is -0.478 e. The van der Waals surface area contributed by atoms with Crippen molar-refractivity contribution in [2.75, 3.05) is 6.54 Å². The lowest BCUT2D eigenvalue weighted by atomic mass is 10.0. The topological polar surface area (TPSA) is 66.4 Å². The maximum Gasteiger partial charge on any atom is 0.328 e. The molecule has 0 radical (unpaired) electrons. The molecule has 0 spiro atoms. The Bertz CT molecular complexity index is 340. The van der Waals surface area contributed by atoms with Crippen LogP contribution in [0.2, 0.25) is 0 Å². The molecule has 0 aromatic heterocycles. The number of hydrogen-bond acceptors (Lipinski definition) is 2. The third-order valence-corrected chi connectivity index (χ3v) is 4.21. The number of carboxylic acids is 1. The van der Waals surface area contributed by atoms with Crippen LogP contribution >= 0.6 is 0 Å². The molecular weight excluding hydrogens is 302 g/mol. The quantitative estimate of drug-likeness (QED) is 0.282. The van der Waals surface area contributed by atoms with E-state index in [1.54, 1.807) is 0 Å². The summed E-state index contributed by atoms with van der Waals surface area (Å²) in [4.78, 5) is 21.5. The zero-order valence-electron chi connectivity index (χ0n) is 15.5. The van der Waals surface area contributed by atoms with Crippen molar-refractivity contribution in [3.63, 3.8) is 0 Å². The summed E-state index contributed by atoms with van der Waals surface area (Å²) in [6.07, 6.45) is 20.3. The van der Waals surface area contributed by atoms with Gasteiger partial charge in [-0.25, -0.2) is 4.79 Å². The summed E-state index contributed by atoms with van der Waals surface area (Å²) in [6, 6.07) is 0. The van der Waals surface area contributed by atoms with Crippen LogP contribution in [0.1, 0.15) is 96.8 Å². The molecular formula is C20H37NO3. The zero-order chi connectivity index (χ0) is 17.9. The van der Waals surface area contributed by atoms with Crippen molar-refractivity contribution in [3.05, 3.63) is 12.2 Å². The van der Waals surface area contributed by atoms with Gasteiger partial charge in [-0.1, -0.05) is 90.4 Å². The molecule has 24 heavy (non-hydrogen) atoms. The summed E-state index contributed by atoms with van der Waals surface area (Å²) in [5.74, 6) is -1.42. The van der Waals surface area contributed by atoms with Crippen LogP contribution in [0.5, 0.6) is 0 Å². The third kappa shape index (κ3) is 18.7. The number of nitrogens with one attached hydrogen (secondary N) is 1. The first-order valence-corrected chi connectivity index (χ1v) is 9.85. The van der Waals surface area contributed by atoms with Gasteiger partial charge in [0.1, 0.15) is 0 Å². The van der Waals surface area contributed by atoms with E-state index in [1.165, 1.54) is 77.0 Å². The molecule has 0 aliphatic carbocycles. The molecule has 0 bridgehead atoms. The van der Waals surface area contributed by atoms with Gasteiger partial charge in [-0.3, -0.25) is 4.79 Å². The zero-order valence-corrected chi connectivity index (χ0v) is 15.5. The maximum atomic E-state index is 11.2. The first-order chi connectivity index (χ1) is 11.7. The van der Waals surface area contributed by atoms with E-state index in [0.717, 1.165) is 25.0 Å². The lowest BCUT2D eigenvalue weighted by Gasteiger charge is -2.04. The van der Waals surface area contributed by atoms with Crippen molar-refractivity contribution in [2.24, 2.45) is 0 Å². The molecule has 0 aromatic rings. The van der Waals surface area contributed by atoms with Crippen molar-refractivity contribution in [2.45, 2.75) is 96.8 Å². The molecule has 1 amide bonds. The second kappa shape index (κ2) is 18.0. The highest BCUT2D eigenvalue weighted by Gasteiger charge is 1.97. The van der Waals surface area contributed by atoms with E-state index in [2.05, 4.69) is 12.2 Å². The fourth-order valence-corrected chi connectivity index (χ4v) is 2.74. The highest BCUT2D eigenvalue weighted by Crippen LogP contribution is 2.12. The SMILES string of the molecule is CCCCCCCCCCCCCCCCNC(=O)/C=C\C(=O)O.